The molecule has 0 aliphatic carbocycles. The standard InChI is InChI=1S/C17H15N3O5/c1-11(17(21)24-2)25-14-6-3-12(4-7-14)15-10-19-9-13(20(22)23)5-8-16(19)18-15/h3-11H,1-2H3. The van der Waals surface area contributed by atoms with Gasteiger partial charge < -0.3 is 9.47 Å². The zero-order valence-corrected chi connectivity index (χ0v) is 13.6. The Labute approximate surface area is 142 Å². The van der Waals surface area contributed by atoms with Gasteiger partial charge >= 0.3 is 5.97 Å². The summed E-state index contributed by atoms with van der Waals surface area (Å²) in [6.07, 6.45) is 2.43. The summed E-state index contributed by atoms with van der Waals surface area (Å²) < 4.78 is 11.7. The molecular formula is C17H15N3O5. The van der Waals surface area contributed by atoms with Crippen LogP contribution < -0.4 is 4.74 Å². The van der Waals surface area contributed by atoms with Gasteiger partial charge in [-0.1, -0.05) is 0 Å². The van der Waals surface area contributed by atoms with Gasteiger partial charge in [0.1, 0.15) is 11.4 Å². The van der Waals surface area contributed by atoms with E-state index in [9.17, 15) is 14.9 Å². The molecule has 2 aromatic heterocycles. The molecule has 0 spiro atoms. The van der Waals surface area contributed by atoms with Crippen molar-refractivity contribution in [3.05, 3.63) is 58.9 Å². The lowest BCUT2D eigenvalue weighted by molar-refractivity contribution is -0.385. The van der Waals surface area contributed by atoms with E-state index in [1.54, 1.807) is 47.9 Å². The third-order valence-electron chi connectivity index (χ3n) is 3.64. The maximum Gasteiger partial charge on any atom is 0.346 e. The molecular weight excluding hydrogens is 326 g/mol. The van der Waals surface area contributed by atoms with Gasteiger partial charge in [-0.3, -0.25) is 14.5 Å². The summed E-state index contributed by atoms with van der Waals surface area (Å²) in [5.74, 6) is 0.0760. The maximum absolute atomic E-state index is 11.4. The number of methoxy groups -OCH3 is 1. The molecule has 0 N–H and O–H groups in total. The molecule has 8 heteroatoms. The SMILES string of the molecule is COC(=O)C(C)Oc1ccc(-c2cn3cc([N+](=O)[O-])ccc3n2)cc1. The van der Waals surface area contributed by atoms with Gasteiger partial charge in [0.2, 0.25) is 0 Å². The molecule has 128 valence electrons. The minimum absolute atomic E-state index is 0.00278. The van der Waals surface area contributed by atoms with E-state index < -0.39 is 17.0 Å². The van der Waals surface area contributed by atoms with Crippen molar-refractivity contribution >= 4 is 17.3 Å². The number of hydrogen-bond acceptors (Lipinski definition) is 6. The van der Waals surface area contributed by atoms with Gasteiger partial charge in [0.05, 0.1) is 23.9 Å². The van der Waals surface area contributed by atoms with Crippen LogP contribution in [0.2, 0.25) is 0 Å². The van der Waals surface area contributed by atoms with Crippen LogP contribution >= 0.6 is 0 Å². The summed E-state index contributed by atoms with van der Waals surface area (Å²) in [5, 5.41) is 10.8. The number of nitrogens with zero attached hydrogens (tertiary/aromatic N) is 3. The van der Waals surface area contributed by atoms with E-state index in [0.29, 0.717) is 17.1 Å². The fourth-order valence-electron chi connectivity index (χ4n) is 2.35. The molecule has 1 atom stereocenters. The maximum atomic E-state index is 11.4. The Morgan fingerprint density at radius 2 is 1.92 bits per heavy atom. The zero-order chi connectivity index (χ0) is 18.0. The highest BCUT2D eigenvalue weighted by molar-refractivity contribution is 5.74. The van der Waals surface area contributed by atoms with Crippen LogP contribution in [0.5, 0.6) is 5.75 Å². The fourth-order valence-corrected chi connectivity index (χ4v) is 2.35. The first-order valence-corrected chi connectivity index (χ1v) is 7.46. The van der Waals surface area contributed by atoms with E-state index >= 15 is 0 Å². The number of rotatable bonds is 5. The van der Waals surface area contributed by atoms with Gasteiger partial charge in [-0.25, -0.2) is 9.78 Å². The van der Waals surface area contributed by atoms with E-state index in [1.165, 1.54) is 19.4 Å². The van der Waals surface area contributed by atoms with Crippen molar-refractivity contribution in [1.82, 2.24) is 9.38 Å². The Morgan fingerprint density at radius 1 is 1.20 bits per heavy atom. The topological polar surface area (TPSA) is 96.0 Å². The summed E-state index contributed by atoms with van der Waals surface area (Å²) >= 11 is 0. The van der Waals surface area contributed by atoms with Crippen LogP contribution in [-0.4, -0.2) is 33.5 Å². The lowest BCUT2D eigenvalue weighted by Gasteiger charge is -2.12. The van der Waals surface area contributed by atoms with Crippen LogP contribution in [0.4, 0.5) is 5.69 Å². The smallest absolute Gasteiger partial charge is 0.346 e. The Balaban J connectivity index is 1.83. The predicted molar refractivity (Wildman–Crippen MR) is 89.4 cm³/mol. The summed E-state index contributed by atoms with van der Waals surface area (Å²) in [5.41, 5.74) is 2.11. The number of pyridine rings is 1. The number of aromatic nitrogens is 2. The molecule has 8 nitrogen and oxygen atoms in total. The molecule has 0 amide bonds. The van der Waals surface area contributed by atoms with Crippen molar-refractivity contribution in [2.24, 2.45) is 0 Å². The first-order chi connectivity index (χ1) is 12.0. The Hall–Kier alpha value is -3.42. The normalized spacial score (nSPS) is 11.9. The van der Waals surface area contributed by atoms with Crippen LogP contribution in [0.1, 0.15) is 6.92 Å². The number of carbonyl (C=O) groups excluding carboxylic acids is 1. The highest BCUT2D eigenvalue weighted by Gasteiger charge is 2.15. The number of fused-ring (bicyclic) bond motifs is 1. The number of nitro groups is 1. The largest absolute Gasteiger partial charge is 0.479 e. The highest BCUT2D eigenvalue weighted by atomic mass is 16.6. The molecule has 0 bridgehead atoms. The van der Waals surface area contributed by atoms with Crippen molar-refractivity contribution in [3.63, 3.8) is 0 Å². The third kappa shape index (κ3) is 3.42. The minimum Gasteiger partial charge on any atom is -0.479 e. The van der Waals surface area contributed by atoms with Crippen LogP contribution in [0.3, 0.4) is 0 Å². The molecule has 0 aliphatic heterocycles. The zero-order valence-electron chi connectivity index (χ0n) is 13.6. The molecule has 2 heterocycles. The average molecular weight is 341 g/mol. The highest BCUT2D eigenvalue weighted by Crippen LogP contribution is 2.24. The number of ether oxygens (including phenoxy) is 2. The molecule has 0 radical (unpaired) electrons. The van der Waals surface area contributed by atoms with Crippen molar-refractivity contribution in [2.45, 2.75) is 13.0 Å². The van der Waals surface area contributed by atoms with E-state index in [0.717, 1.165) is 5.56 Å². The number of hydrogen-bond donors (Lipinski definition) is 0. The van der Waals surface area contributed by atoms with Gasteiger partial charge in [-0.2, -0.15) is 0 Å². The second-order valence-electron chi connectivity index (χ2n) is 5.34. The van der Waals surface area contributed by atoms with Crippen molar-refractivity contribution in [1.29, 1.82) is 0 Å². The Kier molecular flexibility index (Phi) is 4.34. The van der Waals surface area contributed by atoms with Crippen LogP contribution in [0, 0.1) is 10.1 Å². The number of imidazole rings is 1. The van der Waals surface area contributed by atoms with Gasteiger partial charge in [-0.05, 0) is 37.3 Å². The van der Waals surface area contributed by atoms with Gasteiger partial charge in [0, 0.05) is 17.8 Å². The Bertz CT molecular complexity index is 933. The number of esters is 1. The van der Waals surface area contributed by atoms with E-state index in [1.807, 2.05) is 0 Å². The predicted octanol–water partition coefficient (Wildman–Crippen LogP) is 2.85. The molecule has 1 aromatic carbocycles. The molecule has 0 aliphatic rings. The van der Waals surface area contributed by atoms with Crippen LogP contribution in [-0.2, 0) is 9.53 Å². The lowest BCUT2D eigenvalue weighted by atomic mass is 10.1. The molecule has 0 saturated carbocycles. The van der Waals surface area contributed by atoms with E-state index in [2.05, 4.69) is 9.72 Å². The number of carbonyl (C=O) groups is 1. The fraction of sp³-hybridized carbons (Fsp3) is 0.176. The van der Waals surface area contributed by atoms with Crippen LogP contribution in [0.15, 0.2) is 48.8 Å². The van der Waals surface area contributed by atoms with Gasteiger partial charge in [0.25, 0.3) is 5.69 Å². The lowest BCUT2D eigenvalue weighted by Crippen LogP contribution is -2.24. The molecule has 0 fully saturated rings. The second-order valence-corrected chi connectivity index (χ2v) is 5.34. The molecule has 25 heavy (non-hydrogen) atoms. The molecule has 3 aromatic rings. The Morgan fingerprint density at radius 3 is 2.56 bits per heavy atom. The van der Waals surface area contributed by atoms with Gasteiger partial charge in [-0.15, -0.1) is 0 Å². The summed E-state index contributed by atoms with van der Waals surface area (Å²) in [4.78, 5) is 26.2. The van der Waals surface area contributed by atoms with E-state index in [-0.39, 0.29) is 5.69 Å². The van der Waals surface area contributed by atoms with E-state index in [4.69, 9.17) is 4.74 Å². The first-order valence-electron chi connectivity index (χ1n) is 7.46. The number of benzene rings is 1. The summed E-state index contributed by atoms with van der Waals surface area (Å²) in [7, 11) is 1.30. The summed E-state index contributed by atoms with van der Waals surface area (Å²) in [6.45, 7) is 1.61. The van der Waals surface area contributed by atoms with Gasteiger partial charge in [0.15, 0.2) is 6.10 Å². The van der Waals surface area contributed by atoms with Crippen molar-refractivity contribution in [3.8, 4) is 17.0 Å². The summed E-state index contributed by atoms with van der Waals surface area (Å²) in [6, 6.07) is 10.1. The molecule has 0 saturated heterocycles. The minimum atomic E-state index is -0.702. The van der Waals surface area contributed by atoms with Crippen LogP contribution in [0.25, 0.3) is 16.9 Å². The van der Waals surface area contributed by atoms with Crippen molar-refractivity contribution in [2.75, 3.05) is 7.11 Å². The molecule has 3 rings (SSSR count). The second kappa shape index (κ2) is 6.60. The average Bonchev–Trinajstić information content (AvgIpc) is 3.04. The van der Waals surface area contributed by atoms with Crippen molar-refractivity contribution < 1.29 is 19.2 Å². The quantitative estimate of drug-likeness (QED) is 0.402. The molecule has 1 unspecified atom stereocenters. The third-order valence-corrected chi connectivity index (χ3v) is 3.64. The first kappa shape index (κ1) is 16.4. The monoisotopic (exact) mass is 341 g/mol.